The van der Waals surface area contributed by atoms with Crippen molar-refractivity contribution >= 4 is 33.7 Å². The van der Waals surface area contributed by atoms with Crippen molar-refractivity contribution in [3.63, 3.8) is 0 Å². The van der Waals surface area contributed by atoms with E-state index in [1.807, 2.05) is 92.7 Å². The van der Waals surface area contributed by atoms with E-state index in [1.54, 1.807) is 36.4 Å². The van der Waals surface area contributed by atoms with E-state index < -0.39 is 11.9 Å². The number of hydrogen-bond donors (Lipinski definition) is 3. The number of phenols is 1. The summed E-state index contributed by atoms with van der Waals surface area (Å²) in [5, 5.41) is 28.7. The zero-order valence-electron chi connectivity index (χ0n) is 22.5. The second kappa shape index (κ2) is 13.0. The molecule has 204 valence electrons. The number of nitrogens with zero attached hydrogens (tertiary/aromatic N) is 2. The van der Waals surface area contributed by atoms with Gasteiger partial charge in [-0.05, 0) is 61.4 Å². The Balaban J connectivity index is 0.000000142. The molecule has 0 saturated heterocycles. The fourth-order valence-electron chi connectivity index (χ4n) is 4.12. The number of aromatic nitrogens is 2. The van der Waals surface area contributed by atoms with Crippen LogP contribution in [0.1, 0.15) is 32.1 Å². The molecule has 3 N–H and O–H groups in total. The third kappa shape index (κ3) is 7.30. The van der Waals surface area contributed by atoms with Gasteiger partial charge in [-0.15, -0.1) is 0 Å². The normalized spacial score (nSPS) is 10.2. The minimum absolute atomic E-state index is 0.256. The molecule has 4 aromatic carbocycles. The van der Waals surface area contributed by atoms with Crippen LogP contribution in [0.3, 0.4) is 0 Å². The molecule has 0 aliphatic rings. The molecule has 6 rings (SSSR count). The van der Waals surface area contributed by atoms with E-state index in [0.29, 0.717) is 16.8 Å². The number of benzene rings is 4. The number of carbonyl (C=O) groups is 2. The topological polar surface area (TPSA) is 121 Å². The molecular weight excluding hydrogens is 516 g/mol. The summed E-state index contributed by atoms with van der Waals surface area (Å²) < 4.78 is 0. The van der Waals surface area contributed by atoms with Gasteiger partial charge >= 0.3 is 11.9 Å². The van der Waals surface area contributed by atoms with Crippen molar-refractivity contribution < 1.29 is 24.9 Å². The molecule has 0 fully saturated rings. The van der Waals surface area contributed by atoms with Gasteiger partial charge in [0.15, 0.2) is 0 Å². The number of fused-ring (bicyclic) bond motifs is 2. The molecule has 6 aromatic rings. The van der Waals surface area contributed by atoms with Gasteiger partial charge in [-0.3, -0.25) is 9.97 Å². The number of pyridine rings is 2. The highest BCUT2D eigenvalue weighted by molar-refractivity contribution is 6.02. The molecule has 0 spiro atoms. The van der Waals surface area contributed by atoms with Gasteiger partial charge in [-0.2, -0.15) is 0 Å². The lowest BCUT2D eigenvalue weighted by Gasteiger charge is -2.01. The zero-order chi connectivity index (χ0) is 29.4. The highest BCUT2D eigenvalue weighted by Gasteiger charge is 2.09. The Morgan fingerprint density at radius 1 is 0.512 bits per heavy atom. The molecule has 0 aliphatic carbocycles. The summed E-state index contributed by atoms with van der Waals surface area (Å²) >= 11 is 0. The number of aromatic carboxylic acids is 2. The molecule has 0 radical (unpaired) electrons. The molecule has 0 amide bonds. The fraction of sp³-hybridized carbons (Fsp3) is 0.0588. The van der Waals surface area contributed by atoms with Gasteiger partial charge in [0.2, 0.25) is 0 Å². The quantitative estimate of drug-likeness (QED) is 0.210. The van der Waals surface area contributed by atoms with Crippen LogP contribution < -0.4 is 0 Å². The third-order valence-electron chi connectivity index (χ3n) is 6.15. The molecule has 7 nitrogen and oxygen atoms in total. The van der Waals surface area contributed by atoms with E-state index in [2.05, 4.69) is 9.97 Å². The van der Waals surface area contributed by atoms with Crippen LogP contribution in [0.15, 0.2) is 115 Å². The Morgan fingerprint density at radius 2 is 0.951 bits per heavy atom. The maximum absolute atomic E-state index is 10.9. The lowest BCUT2D eigenvalue weighted by atomic mass is 10.1. The summed E-state index contributed by atoms with van der Waals surface area (Å²) in [7, 11) is 0. The van der Waals surface area contributed by atoms with Gasteiger partial charge in [0.05, 0.1) is 22.2 Å². The number of rotatable bonds is 3. The molecule has 0 aliphatic heterocycles. The molecular formula is C34H28N2O5. The highest BCUT2D eigenvalue weighted by Crippen LogP contribution is 2.21. The molecule has 7 heteroatoms. The van der Waals surface area contributed by atoms with Crippen molar-refractivity contribution in [1.29, 1.82) is 0 Å². The molecule has 2 heterocycles. The second-order valence-electron chi connectivity index (χ2n) is 9.18. The molecule has 0 saturated carbocycles. The van der Waals surface area contributed by atoms with Crippen molar-refractivity contribution in [2.45, 2.75) is 13.8 Å². The molecule has 0 bridgehead atoms. The van der Waals surface area contributed by atoms with Gasteiger partial charge in [-0.1, -0.05) is 78.9 Å². The van der Waals surface area contributed by atoms with Crippen molar-refractivity contribution in [1.82, 2.24) is 9.97 Å². The summed E-state index contributed by atoms with van der Waals surface area (Å²) in [6, 6.07) is 35.1. The minimum Gasteiger partial charge on any atom is -0.508 e. The van der Waals surface area contributed by atoms with Crippen molar-refractivity contribution in [3.8, 4) is 16.9 Å². The first-order chi connectivity index (χ1) is 19.7. The SMILES string of the molecule is Cc1ccc2cccc(C(=O)O)c2n1.Cc1ccc2cccc(C(=O)O)c2n1.Oc1ccc(-c2ccccc2)cc1. The average molecular weight is 545 g/mol. The number of para-hydroxylation sites is 2. The fourth-order valence-corrected chi connectivity index (χ4v) is 4.12. The smallest absolute Gasteiger partial charge is 0.337 e. The minimum atomic E-state index is -0.936. The summed E-state index contributed by atoms with van der Waals surface area (Å²) in [5.41, 5.74) is 5.57. The van der Waals surface area contributed by atoms with Crippen LogP contribution >= 0.6 is 0 Å². The molecule has 41 heavy (non-hydrogen) atoms. The number of aryl methyl sites for hydroxylation is 2. The maximum atomic E-state index is 10.9. The average Bonchev–Trinajstić information content (AvgIpc) is 2.98. The van der Waals surface area contributed by atoms with Crippen LogP contribution in [0, 0.1) is 13.8 Å². The number of aromatic hydroxyl groups is 1. The molecule has 0 unspecified atom stereocenters. The highest BCUT2D eigenvalue weighted by atomic mass is 16.4. The van der Waals surface area contributed by atoms with Crippen molar-refractivity contribution in [3.05, 3.63) is 138 Å². The van der Waals surface area contributed by atoms with E-state index in [9.17, 15) is 9.59 Å². The predicted octanol–water partition coefficient (Wildman–Crippen LogP) is 7.54. The summed E-state index contributed by atoms with van der Waals surface area (Å²) in [6.07, 6.45) is 0. The maximum Gasteiger partial charge on any atom is 0.337 e. The van der Waals surface area contributed by atoms with Crippen LogP contribution in [0.4, 0.5) is 0 Å². The first-order valence-corrected chi connectivity index (χ1v) is 12.8. The summed E-state index contributed by atoms with van der Waals surface area (Å²) in [5.74, 6) is -1.57. The Bertz CT molecular complexity index is 1720. The van der Waals surface area contributed by atoms with Crippen LogP contribution in [-0.2, 0) is 0 Å². The van der Waals surface area contributed by atoms with Crippen LogP contribution in [0.2, 0.25) is 0 Å². The zero-order valence-corrected chi connectivity index (χ0v) is 22.5. The van der Waals surface area contributed by atoms with Gasteiger partial charge in [0.1, 0.15) is 5.75 Å². The summed E-state index contributed by atoms with van der Waals surface area (Å²) in [6.45, 7) is 3.69. The molecule has 0 atom stereocenters. The monoisotopic (exact) mass is 544 g/mol. The van der Waals surface area contributed by atoms with Gasteiger partial charge in [-0.25, -0.2) is 9.59 Å². The Morgan fingerprint density at radius 3 is 1.39 bits per heavy atom. The third-order valence-corrected chi connectivity index (χ3v) is 6.15. The number of hydrogen-bond acceptors (Lipinski definition) is 5. The first-order valence-electron chi connectivity index (χ1n) is 12.8. The summed E-state index contributed by atoms with van der Waals surface area (Å²) in [4.78, 5) is 30.2. The number of phenolic OH excluding ortho intramolecular Hbond substituents is 1. The van der Waals surface area contributed by atoms with E-state index >= 15 is 0 Å². The first kappa shape index (κ1) is 28.4. The van der Waals surface area contributed by atoms with E-state index in [4.69, 9.17) is 15.3 Å². The lowest BCUT2D eigenvalue weighted by Crippen LogP contribution is -1.99. The second-order valence-corrected chi connectivity index (χ2v) is 9.18. The van der Waals surface area contributed by atoms with Gasteiger partial charge < -0.3 is 15.3 Å². The van der Waals surface area contributed by atoms with Crippen LogP contribution in [0.5, 0.6) is 5.75 Å². The predicted molar refractivity (Wildman–Crippen MR) is 160 cm³/mol. The van der Waals surface area contributed by atoms with Crippen LogP contribution in [0.25, 0.3) is 32.9 Å². The van der Waals surface area contributed by atoms with Crippen LogP contribution in [-0.4, -0.2) is 37.2 Å². The van der Waals surface area contributed by atoms with Crippen molar-refractivity contribution in [2.24, 2.45) is 0 Å². The Hall–Kier alpha value is -5.56. The van der Waals surface area contributed by atoms with E-state index in [1.165, 1.54) is 5.56 Å². The van der Waals surface area contributed by atoms with E-state index in [-0.39, 0.29) is 11.1 Å². The number of carboxylic acid groups (broad SMARTS) is 2. The Labute approximate surface area is 237 Å². The molecule has 2 aromatic heterocycles. The lowest BCUT2D eigenvalue weighted by molar-refractivity contribution is 0.0688. The van der Waals surface area contributed by atoms with Gasteiger partial charge in [0, 0.05) is 22.2 Å². The number of carboxylic acids is 2. The van der Waals surface area contributed by atoms with E-state index in [0.717, 1.165) is 27.7 Å². The standard InChI is InChI=1S/C12H10O.2C11H9NO2/c13-12-8-6-11(7-9-12)10-4-2-1-3-5-10;2*1-7-5-6-8-3-2-4-9(11(13)14)10(8)12-7/h1-9,13H;2*2-6H,1H3,(H,13,14). The largest absolute Gasteiger partial charge is 0.508 e. The van der Waals surface area contributed by atoms with Gasteiger partial charge in [0.25, 0.3) is 0 Å². The van der Waals surface area contributed by atoms with Crippen molar-refractivity contribution in [2.75, 3.05) is 0 Å². The Kier molecular flexibility index (Phi) is 9.02.